The minimum Gasteiger partial charge on any atom is -0.464 e. The van der Waals surface area contributed by atoms with Crippen LogP contribution in [0.25, 0.3) is 0 Å². The zero-order chi connectivity index (χ0) is 7.98. The molecule has 0 bridgehead atoms. The molecule has 0 saturated heterocycles. The fraction of sp³-hybridized carbons (Fsp3) is 0.857. The van der Waals surface area contributed by atoms with Crippen molar-refractivity contribution in [2.24, 2.45) is 0 Å². The summed E-state index contributed by atoms with van der Waals surface area (Å²) >= 11 is 0. The maximum atomic E-state index is 12.5. The van der Waals surface area contributed by atoms with Gasteiger partial charge in [-0.15, -0.1) is 0 Å². The van der Waals surface area contributed by atoms with Crippen molar-refractivity contribution >= 4 is 5.97 Å². The smallest absolute Gasteiger partial charge is 0.340 e. The second-order valence-corrected chi connectivity index (χ2v) is 2.01. The third-order valence-corrected chi connectivity index (χ3v) is 1.08. The Morgan fingerprint density at radius 3 is 2.60 bits per heavy atom. The van der Waals surface area contributed by atoms with Crippen LogP contribution in [-0.2, 0) is 9.53 Å². The van der Waals surface area contributed by atoms with Gasteiger partial charge in [0.1, 0.15) is 0 Å². The number of ether oxygens (including phenoxy) is 1. The van der Waals surface area contributed by atoms with Crippen molar-refractivity contribution in [3.63, 3.8) is 0 Å². The van der Waals surface area contributed by atoms with Gasteiger partial charge in [0.25, 0.3) is 0 Å². The molecule has 2 nitrogen and oxygen atoms in total. The molecule has 0 aliphatic heterocycles. The van der Waals surface area contributed by atoms with E-state index in [0.29, 0.717) is 6.42 Å². The number of rotatable bonds is 4. The van der Waals surface area contributed by atoms with Crippen LogP contribution in [0.15, 0.2) is 0 Å². The molecule has 0 aromatic heterocycles. The van der Waals surface area contributed by atoms with Gasteiger partial charge < -0.3 is 4.74 Å². The molecule has 0 spiro atoms. The van der Waals surface area contributed by atoms with E-state index in [1.54, 1.807) is 6.92 Å². The van der Waals surface area contributed by atoms with Gasteiger partial charge >= 0.3 is 5.97 Å². The highest BCUT2D eigenvalue weighted by atomic mass is 19.1. The number of carbonyl (C=O) groups is 1. The van der Waals surface area contributed by atoms with Gasteiger partial charge in [-0.25, -0.2) is 9.18 Å². The summed E-state index contributed by atoms with van der Waals surface area (Å²) in [5.74, 6) is -0.732. The van der Waals surface area contributed by atoms with Gasteiger partial charge in [0.05, 0.1) is 6.61 Å². The molecule has 1 atom stereocenters. The number of alkyl halides is 1. The third kappa shape index (κ3) is 3.43. The van der Waals surface area contributed by atoms with Crippen molar-refractivity contribution in [2.45, 2.75) is 32.9 Å². The number of hydrogen-bond acceptors (Lipinski definition) is 2. The molecule has 0 unspecified atom stereocenters. The molecular formula is C7H13FO2. The summed E-state index contributed by atoms with van der Waals surface area (Å²) in [6.07, 6.45) is -0.497. The molecular weight excluding hydrogens is 135 g/mol. The van der Waals surface area contributed by atoms with Crippen LogP contribution in [0.4, 0.5) is 4.39 Å². The summed E-state index contributed by atoms with van der Waals surface area (Å²) < 4.78 is 17.0. The summed E-state index contributed by atoms with van der Waals surface area (Å²) in [5, 5.41) is 0. The van der Waals surface area contributed by atoms with Crippen molar-refractivity contribution in [3.05, 3.63) is 0 Å². The summed E-state index contributed by atoms with van der Waals surface area (Å²) in [7, 11) is 0. The zero-order valence-electron chi connectivity index (χ0n) is 6.39. The average molecular weight is 148 g/mol. The zero-order valence-corrected chi connectivity index (χ0v) is 6.39. The van der Waals surface area contributed by atoms with Crippen LogP contribution in [-0.4, -0.2) is 18.7 Å². The lowest BCUT2D eigenvalue weighted by atomic mass is 10.2. The molecule has 0 rings (SSSR count). The Bertz CT molecular complexity index is 104. The number of halogens is 1. The Morgan fingerprint density at radius 2 is 2.20 bits per heavy atom. The van der Waals surface area contributed by atoms with Crippen LogP contribution in [0.2, 0.25) is 0 Å². The van der Waals surface area contributed by atoms with Crippen LogP contribution < -0.4 is 0 Å². The van der Waals surface area contributed by atoms with Gasteiger partial charge in [-0.3, -0.25) is 0 Å². The van der Waals surface area contributed by atoms with Gasteiger partial charge in [-0.2, -0.15) is 0 Å². The van der Waals surface area contributed by atoms with Gasteiger partial charge in [0.15, 0.2) is 6.17 Å². The minimum atomic E-state index is -1.43. The Balaban J connectivity index is 3.49. The molecule has 0 aliphatic carbocycles. The standard InChI is InChI=1S/C7H13FO2/c1-3-5-6(8)7(9)10-4-2/h6H,3-5H2,1-2H3/t6-/m0/s1. The van der Waals surface area contributed by atoms with Crippen LogP contribution in [0.5, 0.6) is 0 Å². The molecule has 0 fully saturated rings. The minimum absolute atomic E-state index is 0.253. The fourth-order valence-electron chi connectivity index (χ4n) is 0.604. The third-order valence-electron chi connectivity index (χ3n) is 1.08. The summed E-state index contributed by atoms with van der Waals surface area (Å²) in [5.41, 5.74) is 0. The van der Waals surface area contributed by atoms with Crippen molar-refractivity contribution in [2.75, 3.05) is 6.61 Å². The van der Waals surface area contributed by atoms with Gasteiger partial charge in [0, 0.05) is 0 Å². The molecule has 10 heavy (non-hydrogen) atoms. The maximum Gasteiger partial charge on any atom is 0.340 e. The lowest BCUT2D eigenvalue weighted by Crippen LogP contribution is -2.18. The van der Waals surface area contributed by atoms with E-state index in [1.807, 2.05) is 6.92 Å². The van der Waals surface area contributed by atoms with Crippen LogP contribution in [0, 0.1) is 0 Å². The number of esters is 1. The first-order valence-electron chi connectivity index (χ1n) is 3.53. The predicted molar refractivity (Wildman–Crippen MR) is 36.4 cm³/mol. The molecule has 0 aliphatic rings. The Labute approximate surface area is 60.4 Å². The summed E-state index contributed by atoms with van der Waals surface area (Å²) in [6, 6.07) is 0. The highest BCUT2D eigenvalue weighted by Gasteiger charge is 2.16. The number of carbonyl (C=O) groups excluding carboxylic acids is 1. The first-order chi connectivity index (χ1) is 4.72. The van der Waals surface area contributed by atoms with E-state index in [-0.39, 0.29) is 13.0 Å². The largest absolute Gasteiger partial charge is 0.464 e. The normalized spacial score (nSPS) is 12.7. The molecule has 0 heterocycles. The van der Waals surface area contributed by atoms with Crippen molar-refractivity contribution in [1.29, 1.82) is 0 Å². The van der Waals surface area contributed by atoms with Crippen LogP contribution in [0.3, 0.4) is 0 Å². The molecule has 60 valence electrons. The second-order valence-electron chi connectivity index (χ2n) is 2.01. The first kappa shape index (κ1) is 9.40. The maximum absolute atomic E-state index is 12.5. The Morgan fingerprint density at radius 1 is 1.60 bits per heavy atom. The van der Waals surface area contributed by atoms with E-state index < -0.39 is 12.1 Å². The molecule has 0 aromatic rings. The van der Waals surface area contributed by atoms with Crippen LogP contribution in [0.1, 0.15) is 26.7 Å². The average Bonchev–Trinajstić information content (AvgIpc) is 1.89. The lowest BCUT2D eigenvalue weighted by molar-refractivity contribution is -0.149. The topological polar surface area (TPSA) is 26.3 Å². The molecule has 0 saturated carbocycles. The monoisotopic (exact) mass is 148 g/mol. The molecule has 0 N–H and O–H groups in total. The summed E-state index contributed by atoms with van der Waals surface area (Å²) in [4.78, 5) is 10.5. The van der Waals surface area contributed by atoms with Crippen molar-refractivity contribution in [1.82, 2.24) is 0 Å². The van der Waals surface area contributed by atoms with Crippen LogP contribution >= 0.6 is 0 Å². The fourth-order valence-corrected chi connectivity index (χ4v) is 0.604. The van der Waals surface area contributed by atoms with E-state index >= 15 is 0 Å². The second kappa shape index (κ2) is 5.21. The highest BCUT2D eigenvalue weighted by molar-refractivity contribution is 5.74. The van der Waals surface area contributed by atoms with E-state index in [9.17, 15) is 9.18 Å². The number of hydrogen-bond donors (Lipinski definition) is 0. The quantitative estimate of drug-likeness (QED) is 0.567. The lowest BCUT2D eigenvalue weighted by Gasteiger charge is -2.04. The van der Waals surface area contributed by atoms with Crippen molar-refractivity contribution < 1.29 is 13.9 Å². The van der Waals surface area contributed by atoms with Gasteiger partial charge in [-0.05, 0) is 13.3 Å². The van der Waals surface area contributed by atoms with E-state index in [4.69, 9.17) is 0 Å². The summed E-state index contributed by atoms with van der Waals surface area (Å²) in [6.45, 7) is 3.74. The Hall–Kier alpha value is -0.600. The van der Waals surface area contributed by atoms with Crippen molar-refractivity contribution in [3.8, 4) is 0 Å². The predicted octanol–water partition coefficient (Wildman–Crippen LogP) is 1.69. The van der Waals surface area contributed by atoms with Gasteiger partial charge in [-0.1, -0.05) is 13.3 Å². The molecule has 3 heteroatoms. The van der Waals surface area contributed by atoms with E-state index in [0.717, 1.165) is 0 Å². The Kier molecular flexibility index (Phi) is 4.89. The highest BCUT2D eigenvalue weighted by Crippen LogP contribution is 2.02. The SMILES string of the molecule is CCC[C@H](F)C(=O)OCC. The van der Waals surface area contributed by atoms with E-state index in [2.05, 4.69) is 4.74 Å². The van der Waals surface area contributed by atoms with E-state index in [1.165, 1.54) is 0 Å². The molecule has 0 aromatic carbocycles. The molecule has 0 radical (unpaired) electrons. The van der Waals surface area contributed by atoms with Gasteiger partial charge in [0.2, 0.25) is 0 Å². The first-order valence-corrected chi connectivity index (χ1v) is 3.53. The molecule has 0 amide bonds.